The number of aryl methyl sites for hydroxylation is 1. The third-order valence-electron chi connectivity index (χ3n) is 5.02. The molecule has 6 heteroatoms. The van der Waals surface area contributed by atoms with Gasteiger partial charge in [-0.2, -0.15) is 0 Å². The van der Waals surface area contributed by atoms with Gasteiger partial charge in [-0.25, -0.2) is 9.87 Å². The Morgan fingerprint density at radius 3 is 2.93 bits per heavy atom. The Morgan fingerprint density at radius 1 is 1.22 bits per heavy atom. The summed E-state index contributed by atoms with van der Waals surface area (Å²) in [6.45, 7) is 1.17. The lowest BCUT2D eigenvalue weighted by Gasteiger charge is -2.08. The second kappa shape index (κ2) is 7.50. The minimum Gasteiger partial charge on any atom is -0.354 e. The highest BCUT2D eigenvalue weighted by Crippen LogP contribution is 2.34. The molecule has 0 aliphatic carbocycles. The molecule has 3 N–H and O–H groups in total. The summed E-state index contributed by atoms with van der Waals surface area (Å²) < 4.78 is 14.6. The van der Waals surface area contributed by atoms with E-state index in [-0.39, 0.29) is 18.3 Å². The van der Waals surface area contributed by atoms with Crippen LogP contribution in [0.1, 0.15) is 34.3 Å². The van der Waals surface area contributed by atoms with Crippen LogP contribution in [0.3, 0.4) is 0 Å². The maximum absolute atomic E-state index is 14.6. The minimum absolute atomic E-state index is 0.202. The molecule has 2 heterocycles. The molecule has 0 radical (unpaired) electrons. The third kappa shape index (κ3) is 3.34. The lowest BCUT2D eigenvalue weighted by molar-refractivity contribution is 0.0256. The van der Waals surface area contributed by atoms with E-state index in [0.717, 1.165) is 59.1 Å². The van der Waals surface area contributed by atoms with Crippen molar-refractivity contribution in [1.82, 2.24) is 15.8 Å². The Balaban J connectivity index is 1.70. The van der Waals surface area contributed by atoms with Crippen LogP contribution in [0, 0.1) is 5.82 Å². The summed E-state index contributed by atoms with van der Waals surface area (Å²) in [5.74, 6) is -0.472. The quantitative estimate of drug-likeness (QED) is 0.582. The van der Waals surface area contributed by atoms with Crippen molar-refractivity contribution in [3.63, 3.8) is 0 Å². The second-order valence-corrected chi connectivity index (χ2v) is 6.79. The van der Waals surface area contributed by atoms with Crippen LogP contribution >= 0.6 is 0 Å². The van der Waals surface area contributed by atoms with E-state index in [4.69, 9.17) is 4.84 Å². The minimum atomic E-state index is -0.270. The van der Waals surface area contributed by atoms with Crippen LogP contribution in [-0.2, 0) is 17.9 Å². The number of hydrogen-bond acceptors (Lipinski definition) is 3. The highest BCUT2D eigenvalue weighted by atomic mass is 19.1. The summed E-state index contributed by atoms with van der Waals surface area (Å²) in [4.78, 5) is 20.8. The molecule has 1 aliphatic rings. The van der Waals surface area contributed by atoms with Crippen molar-refractivity contribution in [2.75, 3.05) is 13.6 Å². The topological polar surface area (TPSA) is 66.2 Å². The number of hydroxylamine groups is 1. The Hall–Kier alpha value is -2.70. The molecule has 140 valence electrons. The number of benzene rings is 2. The average Bonchev–Trinajstić information content (AvgIpc) is 2.95. The van der Waals surface area contributed by atoms with Crippen LogP contribution in [0.25, 0.3) is 22.2 Å². The molecular formula is C21H22FN3O2. The van der Waals surface area contributed by atoms with Gasteiger partial charge >= 0.3 is 0 Å². The van der Waals surface area contributed by atoms with Gasteiger partial charge < -0.3 is 10.3 Å². The Morgan fingerprint density at radius 2 is 2.11 bits per heavy atom. The number of nitrogens with one attached hydrogen (secondary N) is 3. The summed E-state index contributed by atoms with van der Waals surface area (Å²) in [5, 5.41) is 3.94. The van der Waals surface area contributed by atoms with Crippen LogP contribution in [0.4, 0.5) is 4.39 Å². The van der Waals surface area contributed by atoms with Crippen LogP contribution in [-0.4, -0.2) is 24.5 Å². The summed E-state index contributed by atoms with van der Waals surface area (Å²) in [5.41, 5.74) is 6.97. The number of carbonyl (C=O) groups is 1. The van der Waals surface area contributed by atoms with Crippen LogP contribution < -0.4 is 10.8 Å². The fourth-order valence-corrected chi connectivity index (χ4v) is 3.65. The molecule has 1 aromatic heterocycles. The first-order valence-corrected chi connectivity index (χ1v) is 9.18. The fraction of sp³-hybridized carbons (Fsp3) is 0.286. The lowest BCUT2D eigenvalue weighted by Crippen LogP contribution is -2.21. The van der Waals surface area contributed by atoms with Gasteiger partial charge in [-0.3, -0.25) is 9.63 Å². The van der Waals surface area contributed by atoms with Crippen LogP contribution in [0.15, 0.2) is 36.4 Å². The van der Waals surface area contributed by atoms with Gasteiger partial charge in [0, 0.05) is 22.0 Å². The summed E-state index contributed by atoms with van der Waals surface area (Å²) in [7, 11) is 1.92. The monoisotopic (exact) mass is 367 g/mol. The Kier molecular flexibility index (Phi) is 4.92. The summed E-state index contributed by atoms with van der Waals surface area (Å²) >= 11 is 0. The fourth-order valence-electron chi connectivity index (χ4n) is 3.65. The molecule has 5 nitrogen and oxygen atoms in total. The van der Waals surface area contributed by atoms with E-state index in [1.165, 1.54) is 0 Å². The van der Waals surface area contributed by atoms with E-state index < -0.39 is 0 Å². The van der Waals surface area contributed by atoms with Gasteiger partial charge in [0.2, 0.25) is 0 Å². The van der Waals surface area contributed by atoms with E-state index >= 15 is 0 Å². The molecule has 1 aliphatic heterocycles. The molecule has 0 unspecified atom stereocenters. The van der Waals surface area contributed by atoms with Crippen molar-refractivity contribution >= 4 is 16.8 Å². The number of unbranched alkanes of at least 4 members (excludes halogenated alkanes) is 1. The van der Waals surface area contributed by atoms with Gasteiger partial charge in [0.25, 0.3) is 5.91 Å². The van der Waals surface area contributed by atoms with Gasteiger partial charge in [-0.05, 0) is 56.6 Å². The summed E-state index contributed by atoms with van der Waals surface area (Å²) in [6.07, 6.45) is 2.68. The molecule has 0 saturated heterocycles. The van der Waals surface area contributed by atoms with Gasteiger partial charge in [0.15, 0.2) is 0 Å². The molecule has 0 fully saturated rings. The molecule has 0 saturated carbocycles. The molecule has 27 heavy (non-hydrogen) atoms. The smallest absolute Gasteiger partial charge is 0.275 e. The first-order valence-electron chi connectivity index (χ1n) is 9.18. The number of aromatic amines is 1. The number of carbonyl (C=O) groups excluding carboxylic acids is 1. The largest absolute Gasteiger partial charge is 0.354 e. The maximum atomic E-state index is 14.6. The predicted molar refractivity (Wildman–Crippen MR) is 103 cm³/mol. The molecular weight excluding hydrogens is 345 g/mol. The zero-order valence-corrected chi connectivity index (χ0v) is 15.2. The zero-order valence-electron chi connectivity index (χ0n) is 15.2. The number of halogens is 1. The van der Waals surface area contributed by atoms with Crippen molar-refractivity contribution in [2.24, 2.45) is 0 Å². The van der Waals surface area contributed by atoms with Gasteiger partial charge in [-0.1, -0.05) is 18.2 Å². The van der Waals surface area contributed by atoms with Gasteiger partial charge in [0.1, 0.15) is 12.4 Å². The normalized spacial score (nSPS) is 13.6. The molecule has 3 aromatic rings. The van der Waals surface area contributed by atoms with Gasteiger partial charge in [0.05, 0.1) is 11.3 Å². The highest BCUT2D eigenvalue weighted by molar-refractivity contribution is 6.09. The highest BCUT2D eigenvalue weighted by Gasteiger charge is 2.23. The second-order valence-electron chi connectivity index (χ2n) is 6.79. The first kappa shape index (κ1) is 17.7. The van der Waals surface area contributed by atoms with Crippen LogP contribution in [0.5, 0.6) is 0 Å². The van der Waals surface area contributed by atoms with Crippen molar-refractivity contribution in [2.45, 2.75) is 25.9 Å². The first-order chi connectivity index (χ1) is 13.2. The van der Waals surface area contributed by atoms with Crippen molar-refractivity contribution < 1.29 is 14.0 Å². The van der Waals surface area contributed by atoms with E-state index in [2.05, 4.69) is 15.8 Å². The Labute approximate surface area is 156 Å². The van der Waals surface area contributed by atoms with Crippen molar-refractivity contribution in [1.29, 1.82) is 0 Å². The van der Waals surface area contributed by atoms with E-state index in [9.17, 15) is 9.18 Å². The number of rotatable bonds is 6. The van der Waals surface area contributed by atoms with E-state index in [0.29, 0.717) is 5.56 Å². The van der Waals surface area contributed by atoms with Crippen molar-refractivity contribution in [3.05, 3.63) is 58.9 Å². The van der Waals surface area contributed by atoms with Crippen LogP contribution in [0.2, 0.25) is 0 Å². The predicted octanol–water partition coefficient (Wildman–Crippen LogP) is 3.69. The number of amides is 1. The molecule has 0 atom stereocenters. The third-order valence-corrected chi connectivity index (χ3v) is 5.02. The number of hydrogen-bond donors (Lipinski definition) is 3. The SMILES string of the molecule is CNCCCCc1ccc(-c2[nH]c3cccc4c3c2CONC4=O)cc1F. The van der Waals surface area contributed by atoms with E-state index in [1.807, 2.05) is 31.3 Å². The van der Waals surface area contributed by atoms with E-state index in [1.54, 1.807) is 12.1 Å². The average molecular weight is 367 g/mol. The maximum Gasteiger partial charge on any atom is 0.275 e. The summed E-state index contributed by atoms with van der Waals surface area (Å²) in [6, 6.07) is 10.8. The van der Waals surface area contributed by atoms with Gasteiger partial charge in [-0.15, -0.1) is 0 Å². The number of H-pyrrole nitrogens is 1. The zero-order chi connectivity index (χ0) is 18.8. The lowest BCUT2D eigenvalue weighted by atomic mass is 10.00. The molecule has 0 spiro atoms. The standard InChI is InChI=1S/C21H22FN3O2/c1-23-10-3-2-5-13-8-9-14(11-17(13)22)20-16-12-27-25-21(26)15-6-4-7-18(24-20)19(15)16/h4,6-9,11,23-24H,2-3,5,10,12H2,1H3,(H,25,26). The molecule has 0 bridgehead atoms. The number of aromatic nitrogens is 1. The molecule has 4 rings (SSSR count). The molecule has 1 amide bonds. The Bertz CT molecular complexity index is 997. The van der Waals surface area contributed by atoms with Crippen molar-refractivity contribution in [3.8, 4) is 11.3 Å². The molecule has 2 aromatic carbocycles.